The Hall–Kier alpha value is 2.00. The molecule has 0 N–H and O–H groups in total. The first-order valence-corrected chi connectivity index (χ1v) is 8.19. The van der Waals surface area contributed by atoms with Gasteiger partial charge in [0.1, 0.15) is 0 Å². The van der Waals surface area contributed by atoms with Gasteiger partial charge in [0.2, 0.25) is 0 Å². The van der Waals surface area contributed by atoms with E-state index in [9.17, 15) is 0 Å². The predicted molar refractivity (Wildman–Crippen MR) is 15.2 cm³/mol. The second kappa shape index (κ2) is 8.89. The van der Waals surface area contributed by atoms with Crippen molar-refractivity contribution in [3.8, 4) is 0 Å². The van der Waals surface area contributed by atoms with Crippen molar-refractivity contribution < 1.29 is 40.8 Å². The van der Waals surface area contributed by atoms with E-state index in [-0.39, 0.29) is 25.8 Å². The number of hydrogen-bond donors (Lipinski definition) is 0. The molecule has 0 aliphatic rings. The fourth-order valence-corrected chi connectivity index (χ4v) is 0. The van der Waals surface area contributed by atoms with Crippen molar-refractivity contribution in [3.63, 3.8) is 0 Å². The van der Waals surface area contributed by atoms with E-state index < -0.39 is 14.9 Å². The summed E-state index contributed by atoms with van der Waals surface area (Å²) in [5, 5.41) is 0. The summed E-state index contributed by atoms with van der Waals surface area (Å²) in [4.78, 5) is 0. The van der Waals surface area contributed by atoms with E-state index >= 15 is 0 Å². The first kappa shape index (κ1) is 9.37. The molecule has 0 saturated carbocycles. The third-order valence-electron chi connectivity index (χ3n) is 0. The van der Waals surface area contributed by atoms with E-state index in [2.05, 4.69) is 19.6 Å². The topological polar surface area (TPSA) is 0 Å². The summed E-state index contributed by atoms with van der Waals surface area (Å²) in [6.07, 6.45) is 0. The monoisotopic (exact) mass is 428 g/mol. The van der Waals surface area contributed by atoms with Crippen LogP contribution in [0.15, 0.2) is 0 Å². The fourth-order valence-electron chi connectivity index (χ4n) is 0. The molecule has 0 rings (SSSR count). The summed E-state index contributed by atoms with van der Waals surface area (Å²) in [5.41, 5.74) is 0. The normalized spacial score (nSPS) is 3.00. The SMILES string of the molecule is [Hf].[S]=[W]=[S]. The summed E-state index contributed by atoms with van der Waals surface area (Å²) in [6.45, 7) is 0. The summed E-state index contributed by atoms with van der Waals surface area (Å²) in [7, 11) is 8.75. The Morgan fingerprint density at radius 2 is 1.25 bits per heavy atom. The molecule has 0 aliphatic carbocycles. The Bertz CT molecular complexity index is 27.0. The minimum absolute atomic E-state index is 0. The summed E-state index contributed by atoms with van der Waals surface area (Å²) in [5.74, 6) is 0. The third kappa shape index (κ3) is 9.00. The van der Waals surface area contributed by atoms with Gasteiger partial charge in [0, 0.05) is 25.8 Å². The third-order valence-corrected chi connectivity index (χ3v) is 0. The van der Waals surface area contributed by atoms with Gasteiger partial charge in [-0.3, -0.25) is 0 Å². The molecular formula is HfS2W. The molecule has 0 bridgehead atoms. The van der Waals surface area contributed by atoms with Gasteiger partial charge in [0.25, 0.3) is 0 Å². The van der Waals surface area contributed by atoms with E-state index in [1.807, 2.05) is 0 Å². The van der Waals surface area contributed by atoms with Crippen LogP contribution in [0.1, 0.15) is 0 Å². The standard InChI is InChI=1S/Hf.2S.W. The van der Waals surface area contributed by atoms with Crippen LogP contribution in [0.5, 0.6) is 0 Å². The second-order valence-electron chi connectivity index (χ2n) is 0.0680. The number of rotatable bonds is 0. The van der Waals surface area contributed by atoms with Crippen molar-refractivity contribution in [3.05, 3.63) is 0 Å². The Labute approximate surface area is 59.6 Å². The molecule has 0 radical (unpaired) electrons. The van der Waals surface area contributed by atoms with Crippen molar-refractivity contribution in [2.24, 2.45) is 0 Å². The van der Waals surface area contributed by atoms with Gasteiger partial charge in [0.15, 0.2) is 0 Å². The van der Waals surface area contributed by atoms with Crippen LogP contribution in [0.4, 0.5) is 0 Å². The van der Waals surface area contributed by atoms with Gasteiger partial charge >= 0.3 is 34.6 Å². The van der Waals surface area contributed by atoms with Crippen molar-refractivity contribution >= 4 is 19.6 Å². The zero-order valence-electron chi connectivity index (χ0n) is 1.72. The second-order valence-corrected chi connectivity index (χ2v) is 5.01. The fraction of sp³-hybridized carbons (Fsp3) is 0. The molecule has 4 heteroatoms. The molecule has 0 saturated heterocycles. The van der Waals surface area contributed by atoms with Gasteiger partial charge in [-0.25, -0.2) is 0 Å². The molecule has 22 valence electrons. The Kier molecular flexibility index (Phi) is 20.8. The van der Waals surface area contributed by atoms with Gasteiger partial charge in [0.05, 0.1) is 0 Å². The van der Waals surface area contributed by atoms with E-state index in [1.54, 1.807) is 0 Å². The van der Waals surface area contributed by atoms with Crippen LogP contribution in [0.2, 0.25) is 0 Å². The van der Waals surface area contributed by atoms with Crippen LogP contribution in [-0.4, -0.2) is 0 Å². The molecule has 0 spiro atoms. The number of hydrogen-bond acceptors (Lipinski definition) is 2. The van der Waals surface area contributed by atoms with Gasteiger partial charge in [-0.15, -0.1) is 0 Å². The summed E-state index contributed by atoms with van der Waals surface area (Å²) < 4.78 is 0. The van der Waals surface area contributed by atoms with Gasteiger partial charge in [-0.1, -0.05) is 0 Å². The molecule has 0 heterocycles. The van der Waals surface area contributed by atoms with Gasteiger partial charge < -0.3 is 0 Å². The van der Waals surface area contributed by atoms with Crippen LogP contribution < -0.4 is 0 Å². The molecule has 0 nitrogen and oxygen atoms in total. The Balaban J connectivity index is 0. The maximum absolute atomic E-state index is 4.38. The first-order valence-electron chi connectivity index (χ1n) is 0.333. The van der Waals surface area contributed by atoms with E-state index in [1.165, 1.54) is 0 Å². The Morgan fingerprint density at radius 1 is 1.25 bits per heavy atom. The molecule has 0 fully saturated rings. The van der Waals surface area contributed by atoms with E-state index in [4.69, 9.17) is 0 Å². The molecule has 0 aliphatic heterocycles. The predicted octanol–water partition coefficient (Wildman–Crippen LogP) is 1.29. The summed E-state index contributed by atoms with van der Waals surface area (Å²) in [6, 6.07) is 0. The Morgan fingerprint density at radius 3 is 1.25 bits per heavy atom. The maximum atomic E-state index is 4.38. The van der Waals surface area contributed by atoms with Crippen LogP contribution in [-0.2, 0) is 40.8 Å². The molecule has 0 aromatic carbocycles. The quantitative estimate of drug-likeness (QED) is 0.536. The van der Waals surface area contributed by atoms with Crippen LogP contribution in [0.25, 0.3) is 0 Å². The van der Waals surface area contributed by atoms with Crippen molar-refractivity contribution in [2.75, 3.05) is 0 Å². The van der Waals surface area contributed by atoms with Gasteiger partial charge in [-0.05, 0) is 0 Å². The molecule has 0 amide bonds. The minimum atomic E-state index is -0.583. The van der Waals surface area contributed by atoms with E-state index in [0.717, 1.165) is 0 Å². The average Bonchev–Trinajstić information content (AvgIpc) is 0.918. The average molecular weight is 426 g/mol. The van der Waals surface area contributed by atoms with Crippen LogP contribution in [0, 0.1) is 0 Å². The summed E-state index contributed by atoms with van der Waals surface area (Å²) >= 11 is -0.583. The van der Waals surface area contributed by atoms with Crippen molar-refractivity contribution in [2.45, 2.75) is 0 Å². The molecule has 0 aromatic heterocycles. The molecule has 4 heavy (non-hydrogen) atoms. The van der Waals surface area contributed by atoms with E-state index in [0.29, 0.717) is 0 Å². The van der Waals surface area contributed by atoms with Crippen LogP contribution in [0.3, 0.4) is 0 Å². The zero-order valence-corrected chi connectivity index (χ0v) is 9.88. The first-order chi connectivity index (χ1) is 1.41. The molecule has 0 unspecified atom stereocenters. The van der Waals surface area contributed by atoms with Crippen molar-refractivity contribution in [1.29, 1.82) is 0 Å². The molecule has 0 aromatic rings. The van der Waals surface area contributed by atoms with Gasteiger partial charge in [-0.2, -0.15) is 0 Å². The molecule has 0 atom stereocenters. The zero-order chi connectivity index (χ0) is 2.71. The van der Waals surface area contributed by atoms with Crippen LogP contribution >= 0.6 is 19.6 Å². The van der Waals surface area contributed by atoms with Crippen molar-refractivity contribution in [1.82, 2.24) is 0 Å². The molecular weight excluding hydrogens is 426 g/mol.